The largest absolute Gasteiger partial charge is 0.325 e. The molecule has 0 bridgehead atoms. The fraction of sp³-hybridized carbons (Fsp3) is 0.250. The number of carbonyl (C=O) groups excluding carboxylic acids is 3. The van der Waals surface area contributed by atoms with Gasteiger partial charge in [-0.1, -0.05) is 55.3 Å². The second kappa shape index (κ2) is 7.98. The molecular formula is C20H19ClFN3O3. The number of imide groups is 1. The molecule has 28 heavy (non-hydrogen) atoms. The summed E-state index contributed by atoms with van der Waals surface area (Å²) in [4.78, 5) is 38.7. The number of anilines is 1. The van der Waals surface area contributed by atoms with Crippen molar-refractivity contribution in [1.82, 2.24) is 10.2 Å². The fourth-order valence-electron chi connectivity index (χ4n) is 3.30. The first kappa shape index (κ1) is 19.8. The van der Waals surface area contributed by atoms with Crippen LogP contribution in [0.2, 0.25) is 5.02 Å². The van der Waals surface area contributed by atoms with Gasteiger partial charge in [-0.25, -0.2) is 9.18 Å². The maximum atomic E-state index is 13.9. The summed E-state index contributed by atoms with van der Waals surface area (Å²) < 4.78 is 13.9. The Balaban J connectivity index is 1.80. The number of hydrogen-bond donors (Lipinski definition) is 2. The molecule has 2 N–H and O–H groups in total. The molecule has 1 saturated heterocycles. The zero-order chi connectivity index (χ0) is 20.3. The number of nitrogens with zero attached hydrogens (tertiary/aromatic N) is 1. The predicted molar refractivity (Wildman–Crippen MR) is 103 cm³/mol. The van der Waals surface area contributed by atoms with Crippen LogP contribution in [0.15, 0.2) is 48.5 Å². The Morgan fingerprint density at radius 2 is 1.93 bits per heavy atom. The number of nitrogens with one attached hydrogen (secondary N) is 2. The number of rotatable bonds is 6. The van der Waals surface area contributed by atoms with E-state index in [4.69, 9.17) is 11.6 Å². The van der Waals surface area contributed by atoms with Crippen molar-refractivity contribution in [2.75, 3.05) is 11.9 Å². The Hall–Kier alpha value is -2.93. The first-order valence-corrected chi connectivity index (χ1v) is 9.19. The highest BCUT2D eigenvalue weighted by atomic mass is 35.5. The molecule has 6 nitrogen and oxygen atoms in total. The normalized spacial score (nSPS) is 18.9. The SMILES string of the molecule is CCCC1(c2ccccc2)NC(=O)N(CC(=O)Nc2ccc(Cl)cc2F)C1=O. The van der Waals surface area contributed by atoms with Crippen LogP contribution in [-0.4, -0.2) is 29.3 Å². The van der Waals surface area contributed by atoms with Crippen LogP contribution in [0, 0.1) is 5.82 Å². The van der Waals surface area contributed by atoms with Gasteiger partial charge in [0.2, 0.25) is 5.91 Å². The third-order valence-electron chi connectivity index (χ3n) is 4.57. The quantitative estimate of drug-likeness (QED) is 0.722. The molecular weight excluding hydrogens is 385 g/mol. The van der Waals surface area contributed by atoms with Gasteiger partial charge >= 0.3 is 6.03 Å². The predicted octanol–water partition coefficient (Wildman–Crippen LogP) is 3.67. The molecule has 0 spiro atoms. The van der Waals surface area contributed by atoms with E-state index in [9.17, 15) is 18.8 Å². The summed E-state index contributed by atoms with van der Waals surface area (Å²) in [5, 5.41) is 5.29. The lowest BCUT2D eigenvalue weighted by molar-refractivity contribution is -0.134. The van der Waals surface area contributed by atoms with Crippen LogP contribution >= 0.6 is 11.6 Å². The Labute approximate surface area is 166 Å². The molecule has 0 aliphatic carbocycles. The molecule has 146 valence electrons. The minimum atomic E-state index is -1.21. The van der Waals surface area contributed by atoms with Crippen LogP contribution in [0.25, 0.3) is 0 Å². The fourth-order valence-corrected chi connectivity index (χ4v) is 3.46. The van der Waals surface area contributed by atoms with Crippen molar-refractivity contribution in [3.63, 3.8) is 0 Å². The van der Waals surface area contributed by atoms with Gasteiger partial charge in [0.05, 0.1) is 5.69 Å². The molecule has 1 atom stereocenters. The Bertz CT molecular complexity index is 922. The van der Waals surface area contributed by atoms with E-state index in [0.29, 0.717) is 18.4 Å². The molecule has 0 radical (unpaired) electrons. The number of amides is 4. The summed E-state index contributed by atoms with van der Waals surface area (Å²) >= 11 is 5.69. The van der Waals surface area contributed by atoms with Gasteiger partial charge in [-0.3, -0.25) is 14.5 Å². The van der Waals surface area contributed by atoms with Gasteiger partial charge in [-0.2, -0.15) is 0 Å². The lowest BCUT2D eigenvalue weighted by Gasteiger charge is -2.26. The molecule has 1 aliphatic rings. The molecule has 4 amide bonds. The van der Waals surface area contributed by atoms with E-state index in [1.165, 1.54) is 12.1 Å². The first-order valence-electron chi connectivity index (χ1n) is 8.82. The van der Waals surface area contributed by atoms with Gasteiger partial charge in [0, 0.05) is 5.02 Å². The topological polar surface area (TPSA) is 78.5 Å². The van der Waals surface area contributed by atoms with E-state index < -0.39 is 35.7 Å². The van der Waals surface area contributed by atoms with Gasteiger partial charge in [0.1, 0.15) is 17.9 Å². The van der Waals surface area contributed by atoms with E-state index in [1.807, 2.05) is 13.0 Å². The molecule has 2 aromatic rings. The molecule has 0 aromatic heterocycles. The number of hydrogen-bond acceptors (Lipinski definition) is 3. The van der Waals surface area contributed by atoms with Gasteiger partial charge in [0.15, 0.2) is 0 Å². The van der Waals surface area contributed by atoms with Crippen LogP contribution in [0.1, 0.15) is 25.3 Å². The molecule has 1 unspecified atom stereocenters. The van der Waals surface area contributed by atoms with Crippen molar-refractivity contribution in [2.45, 2.75) is 25.3 Å². The maximum absolute atomic E-state index is 13.9. The molecule has 0 saturated carbocycles. The van der Waals surface area contributed by atoms with Crippen LogP contribution < -0.4 is 10.6 Å². The highest BCUT2D eigenvalue weighted by Gasteiger charge is 2.52. The van der Waals surface area contributed by atoms with E-state index in [1.54, 1.807) is 24.3 Å². The van der Waals surface area contributed by atoms with Crippen molar-refractivity contribution in [3.8, 4) is 0 Å². The summed E-state index contributed by atoms with van der Waals surface area (Å²) in [6.45, 7) is 1.38. The number of urea groups is 1. The third-order valence-corrected chi connectivity index (χ3v) is 4.81. The van der Waals surface area contributed by atoms with E-state index in [2.05, 4.69) is 10.6 Å². The lowest BCUT2D eigenvalue weighted by Crippen LogP contribution is -2.44. The lowest BCUT2D eigenvalue weighted by atomic mass is 9.85. The smallest absolute Gasteiger partial charge is 0.322 e. The maximum Gasteiger partial charge on any atom is 0.325 e. The van der Waals surface area contributed by atoms with Gasteiger partial charge < -0.3 is 10.6 Å². The number of halogens is 2. The average Bonchev–Trinajstić information content (AvgIpc) is 2.90. The van der Waals surface area contributed by atoms with Crippen molar-refractivity contribution in [2.24, 2.45) is 0 Å². The zero-order valence-corrected chi connectivity index (χ0v) is 15.9. The van der Waals surface area contributed by atoms with Crippen LogP contribution in [0.5, 0.6) is 0 Å². The number of benzene rings is 2. The highest BCUT2D eigenvalue weighted by molar-refractivity contribution is 6.30. The van der Waals surface area contributed by atoms with E-state index >= 15 is 0 Å². The summed E-state index contributed by atoms with van der Waals surface area (Å²) in [6.07, 6.45) is 1.04. The summed E-state index contributed by atoms with van der Waals surface area (Å²) in [6, 6.07) is 12.1. The standard InChI is InChI=1S/C20H19ClFN3O3/c1-2-10-20(13-6-4-3-5-7-13)18(27)25(19(28)24-20)12-17(26)23-16-9-8-14(21)11-15(16)22/h3-9,11H,2,10,12H2,1H3,(H,23,26)(H,24,28). The zero-order valence-electron chi connectivity index (χ0n) is 15.2. The number of carbonyl (C=O) groups is 3. The van der Waals surface area contributed by atoms with E-state index in [-0.39, 0.29) is 10.7 Å². The van der Waals surface area contributed by atoms with Crippen molar-refractivity contribution < 1.29 is 18.8 Å². The van der Waals surface area contributed by atoms with E-state index in [0.717, 1.165) is 11.0 Å². The summed E-state index contributed by atoms with van der Waals surface area (Å²) in [5.74, 6) is -1.90. The summed E-state index contributed by atoms with van der Waals surface area (Å²) in [5.41, 5.74) is -0.634. The molecule has 3 rings (SSSR count). The van der Waals surface area contributed by atoms with Crippen LogP contribution in [0.3, 0.4) is 0 Å². The van der Waals surface area contributed by atoms with Gasteiger partial charge in [-0.05, 0) is 30.2 Å². The second-order valence-electron chi connectivity index (χ2n) is 6.52. The van der Waals surface area contributed by atoms with Crippen LogP contribution in [-0.2, 0) is 15.1 Å². The Kier molecular flexibility index (Phi) is 5.65. The second-order valence-corrected chi connectivity index (χ2v) is 6.95. The minimum absolute atomic E-state index is 0.0793. The molecule has 2 aromatic carbocycles. The Morgan fingerprint density at radius 1 is 1.21 bits per heavy atom. The average molecular weight is 404 g/mol. The highest BCUT2D eigenvalue weighted by Crippen LogP contribution is 2.33. The Morgan fingerprint density at radius 3 is 2.57 bits per heavy atom. The molecule has 1 aliphatic heterocycles. The monoisotopic (exact) mass is 403 g/mol. The van der Waals surface area contributed by atoms with Gasteiger partial charge in [-0.15, -0.1) is 0 Å². The molecule has 8 heteroatoms. The van der Waals surface area contributed by atoms with Gasteiger partial charge in [0.25, 0.3) is 5.91 Å². The third kappa shape index (κ3) is 3.71. The van der Waals surface area contributed by atoms with Crippen LogP contribution in [0.4, 0.5) is 14.9 Å². The summed E-state index contributed by atoms with van der Waals surface area (Å²) in [7, 11) is 0. The van der Waals surface area contributed by atoms with Crippen molar-refractivity contribution >= 4 is 35.1 Å². The van der Waals surface area contributed by atoms with Crippen molar-refractivity contribution in [3.05, 3.63) is 64.9 Å². The molecule has 1 heterocycles. The first-order chi connectivity index (χ1) is 13.4. The van der Waals surface area contributed by atoms with Crippen molar-refractivity contribution in [1.29, 1.82) is 0 Å². The molecule has 1 fully saturated rings. The minimum Gasteiger partial charge on any atom is -0.322 e.